The second kappa shape index (κ2) is 6.94. The van der Waals surface area contributed by atoms with E-state index in [0.29, 0.717) is 6.54 Å². The van der Waals surface area contributed by atoms with E-state index in [9.17, 15) is 18.0 Å². The minimum atomic E-state index is -4.60. The van der Waals surface area contributed by atoms with Crippen LogP contribution in [-0.2, 0) is 11.7 Å². The highest BCUT2D eigenvalue weighted by Gasteiger charge is 2.50. The SMILES string of the molecule is CN(C)C1(c2cccs2)CCC2(CC1)CN(c1cnc(C(F)(F)F)nc1)C(=O)N2. The molecule has 2 aromatic heterocycles. The largest absolute Gasteiger partial charge is 0.451 e. The first-order valence-electron chi connectivity index (χ1n) is 9.36. The van der Waals surface area contributed by atoms with E-state index in [1.807, 2.05) is 0 Å². The molecule has 0 bridgehead atoms. The molecule has 0 aromatic carbocycles. The third-order valence-electron chi connectivity index (χ3n) is 6.15. The molecule has 29 heavy (non-hydrogen) atoms. The highest BCUT2D eigenvalue weighted by atomic mass is 32.1. The van der Waals surface area contributed by atoms with Crippen LogP contribution in [0.1, 0.15) is 36.4 Å². The van der Waals surface area contributed by atoms with E-state index in [4.69, 9.17) is 0 Å². The predicted molar refractivity (Wildman–Crippen MR) is 104 cm³/mol. The molecule has 10 heteroatoms. The van der Waals surface area contributed by atoms with Gasteiger partial charge in [-0.1, -0.05) is 6.07 Å². The van der Waals surface area contributed by atoms with E-state index in [1.54, 1.807) is 11.3 Å². The van der Waals surface area contributed by atoms with Crippen LogP contribution in [0.15, 0.2) is 29.9 Å². The molecular formula is C19H22F3N5OS. The molecule has 1 saturated heterocycles. The lowest BCUT2D eigenvalue weighted by Gasteiger charge is -2.47. The van der Waals surface area contributed by atoms with Crippen LogP contribution in [0.5, 0.6) is 0 Å². The van der Waals surface area contributed by atoms with Crippen molar-refractivity contribution in [1.29, 1.82) is 0 Å². The van der Waals surface area contributed by atoms with Gasteiger partial charge in [0.05, 0.1) is 35.7 Å². The molecule has 0 radical (unpaired) electrons. The first-order valence-corrected chi connectivity index (χ1v) is 10.2. The van der Waals surface area contributed by atoms with Crippen molar-refractivity contribution in [3.8, 4) is 0 Å². The number of carbonyl (C=O) groups excluding carboxylic acids is 1. The monoisotopic (exact) mass is 425 g/mol. The molecule has 0 atom stereocenters. The van der Waals surface area contributed by atoms with Crippen molar-refractivity contribution < 1.29 is 18.0 Å². The molecule has 2 fully saturated rings. The molecule has 2 amide bonds. The molecule has 4 rings (SSSR count). The first-order chi connectivity index (χ1) is 13.7. The number of hydrogen-bond donors (Lipinski definition) is 1. The molecular weight excluding hydrogens is 403 g/mol. The van der Waals surface area contributed by atoms with Gasteiger partial charge in [0.15, 0.2) is 0 Å². The van der Waals surface area contributed by atoms with Crippen molar-refractivity contribution in [3.05, 3.63) is 40.6 Å². The van der Waals surface area contributed by atoms with Gasteiger partial charge in [-0.15, -0.1) is 11.3 Å². The third-order valence-corrected chi connectivity index (χ3v) is 7.21. The van der Waals surface area contributed by atoms with E-state index >= 15 is 0 Å². The van der Waals surface area contributed by atoms with E-state index < -0.39 is 17.5 Å². The summed E-state index contributed by atoms with van der Waals surface area (Å²) in [5, 5.41) is 5.16. The van der Waals surface area contributed by atoms with E-state index in [-0.39, 0.29) is 17.3 Å². The lowest BCUT2D eigenvalue weighted by atomic mass is 9.71. The molecule has 3 heterocycles. The molecule has 156 valence electrons. The Morgan fingerprint density at radius 3 is 2.34 bits per heavy atom. The highest BCUT2D eigenvalue weighted by molar-refractivity contribution is 7.10. The lowest BCUT2D eigenvalue weighted by Crippen LogP contribution is -2.53. The minimum Gasteiger partial charge on any atom is -0.330 e. The van der Waals surface area contributed by atoms with Gasteiger partial charge in [0.25, 0.3) is 0 Å². The Hall–Kier alpha value is -2.20. The summed E-state index contributed by atoms with van der Waals surface area (Å²) in [7, 11) is 4.16. The number of hydrogen-bond acceptors (Lipinski definition) is 5. The van der Waals surface area contributed by atoms with Gasteiger partial charge in [-0.3, -0.25) is 9.80 Å². The summed E-state index contributed by atoms with van der Waals surface area (Å²) in [6.45, 7) is 0.397. The van der Waals surface area contributed by atoms with Crippen LogP contribution in [-0.4, -0.2) is 47.1 Å². The molecule has 2 aliphatic rings. The van der Waals surface area contributed by atoms with E-state index in [2.05, 4.69) is 51.8 Å². The number of amides is 2. The highest BCUT2D eigenvalue weighted by Crippen LogP contribution is 2.47. The number of alkyl halides is 3. The fourth-order valence-corrected chi connectivity index (χ4v) is 5.47. The Kier molecular flexibility index (Phi) is 4.81. The van der Waals surface area contributed by atoms with Crippen molar-refractivity contribution in [2.75, 3.05) is 25.5 Å². The van der Waals surface area contributed by atoms with Crippen LogP contribution in [0.3, 0.4) is 0 Å². The van der Waals surface area contributed by atoms with Gasteiger partial charge < -0.3 is 5.32 Å². The van der Waals surface area contributed by atoms with Gasteiger partial charge >= 0.3 is 12.2 Å². The number of carbonyl (C=O) groups is 1. The van der Waals surface area contributed by atoms with Gasteiger partial charge in [0, 0.05) is 4.88 Å². The van der Waals surface area contributed by atoms with Crippen LogP contribution in [0.2, 0.25) is 0 Å². The van der Waals surface area contributed by atoms with E-state index in [1.165, 1.54) is 9.78 Å². The standard InChI is InChI=1S/C19H22F3N5OS/c1-26(2)18(14-4-3-9-29-14)7-5-17(6-8-18)12-27(16(28)25-17)13-10-23-15(24-11-13)19(20,21)22/h3-4,9-11H,5-8,12H2,1-2H3,(H,25,28). The summed E-state index contributed by atoms with van der Waals surface area (Å²) >= 11 is 1.74. The molecule has 2 aromatic rings. The number of anilines is 1. The molecule has 0 unspecified atom stereocenters. The molecule has 1 spiro atoms. The predicted octanol–water partition coefficient (Wildman–Crippen LogP) is 3.86. The van der Waals surface area contributed by atoms with Gasteiger partial charge in [0.2, 0.25) is 5.82 Å². The Morgan fingerprint density at radius 2 is 1.83 bits per heavy atom. The third kappa shape index (κ3) is 3.48. The number of nitrogens with zero attached hydrogens (tertiary/aromatic N) is 4. The number of aromatic nitrogens is 2. The Bertz CT molecular complexity index is 874. The van der Waals surface area contributed by atoms with Crippen LogP contribution >= 0.6 is 11.3 Å². The van der Waals surface area contributed by atoms with Crippen molar-refractivity contribution in [1.82, 2.24) is 20.2 Å². The van der Waals surface area contributed by atoms with Gasteiger partial charge in [0.1, 0.15) is 0 Å². The number of halogens is 3. The smallest absolute Gasteiger partial charge is 0.330 e. The van der Waals surface area contributed by atoms with E-state index in [0.717, 1.165) is 38.1 Å². The number of rotatable bonds is 3. The summed E-state index contributed by atoms with van der Waals surface area (Å²) in [6, 6.07) is 3.89. The Morgan fingerprint density at radius 1 is 1.17 bits per heavy atom. The minimum absolute atomic E-state index is 0.0605. The maximum atomic E-state index is 12.7. The van der Waals surface area contributed by atoms with Gasteiger partial charge in [-0.05, 0) is 51.2 Å². The molecule has 6 nitrogen and oxygen atoms in total. The van der Waals surface area contributed by atoms with Crippen molar-refractivity contribution in [2.24, 2.45) is 0 Å². The second-order valence-electron chi connectivity index (χ2n) is 7.96. The fraction of sp³-hybridized carbons (Fsp3) is 0.526. The van der Waals surface area contributed by atoms with Crippen molar-refractivity contribution in [2.45, 2.75) is 42.9 Å². The summed E-state index contributed by atoms with van der Waals surface area (Å²) < 4.78 is 38.1. The maximum Gasteiger partial charge on any atom is 0.451 e. The average molecular weight is 425 g/mol. The topological polar surface area (TPSA) is 61.4 Å². The first kappa shape index (κ1) is 20.1. The fourth-order valence-electron chi connectivity index (χ4n) is 4.41. The van der Waals surface area contributed by atoms with Crippen LogP contribution in [0.4, 0.5) is 23.7 Å². The Labute approximate surface area is 170 Å². The normalized spacial score (nSPS) is 27.7. The van der Waals surface area contributed by atoms with Gasteiger partial charge in [-0.25, -0.2) is 14.8 Å². The number of nitrogens with one attached hydrogen (secondary N) is 1. The molecule has 1 saturated carbocycles. The average Bonchev–Trinajstić information content (AvgIpc) is 3.31. The quantitative estimate of drug-likeness (QED) is 0.811. The van der Waals surface area contributed by atoms with Crippen LogP contribution < -0.4 is 10.2 Å². The molecule has 1 aliphatic heterocycles. The maximum absolute atomic E-state index is 12.7. The molecule has 1 N–H and O–H groups in total. The summed E-state index contributed by atoms with van der Waals surface area (Å²) in [6.07, 6.45) is 0.865. The van der Waals surface area contributed by atoms with Crippen LogP contribution in [0, 0.1) is 0 Å². The van der Waals surface area contributed by atoms with Gasteiger partial charge in [-0.2, -0.15) is 13.2 Å². The van der Waals surface area contributed by atoms with Crippen molar-refractivity contribution in [3.63, 3.8) is 0 Å². The lowest BCUT2D eigenvalue weighted by molar-refractivity contribution is -0.144. The number of urea groups is 1. The second-order valence-corrected chi connectivity index (χ2v) is 8.91. The van der Waals surface area contributed by atoms with Crippen LogP contribution in [0.25, 0.3) is 0 Å². The van der Waals surface area contributed by atoms with Crippen molar-refractivity contribution >= 4 is 23.1 Å². The Balaban J connectivity index is 1.51. The zero-order chi connectivity index (χ0) is 20.9. The zero-order valence-electron chi connectivity index (χ0n) is 16.2. The summed E-state index contributed by atoms with van der Waals surface area (Å²) in [5.41, 5.74) is -0.180. The summed E-state index contributed by atoms with van der Waals surface area (Å²) in [5.74, 6) is -1.21. The zero-order valence-corrected chi connectivity index (χ0v) is 17.0. The number of thiophene rings is 1. The summed E-state index contributed by atoms with van der Waals surface area (Å²) in [4.78, 5) is 24.3. The molecule has 1 aliphatic carbocycles.